The van der Waals surface area contributed by atoms with E-state index < -0.39 is 11.9 Å². The van der Waals surface area contributed by atoms with Crippen LogP contribution in [0.5, 0.6) is 17.2 Å². The standard InChI is InChI=1S/C20H23NO6/c1-24-16-7-5-4-6-15(16)21-19(22)13-27-20(23)11-9-14-8-10-17(25-2)18(12-14)26-3/h4-8,10,12H,9,11,13H2,1-3H3,(H,21,22). The first-order valence-corrected chi connectivity index (χ1v) is 8.36. The Labute approximate surface area is 158 Å². The Morgan fingerprint density at radius 2 is 1.59 bits per heavy atom. The molecule has 7 heteroatoms. The van der Waals surface area contributed by atoms with Gasteiger partial charge in [-0.25, -0.2) is 0 Å². The van der Waals surface area contributed by atoms with Gasteiger partial charge in [-0.15, -0.1) is 0 Å². The Morgan fingerprint density at radius 3 is 2.30 bits per heavy atom. The summed E-state index contributed by atoms with van der Waals surface area (Å²) in [6.45, 7) is -0.358. The predicted octanol–water partition coefficient (Wildman–Crippen LogP) is 2.83. The van der Waals surface area contributed by atoms with Gasteiger partial charge in [0.2, 0.25) is 0 Å². The molecule has 2 aromatic carbocycles. The number of carbonyl (C=O) groups is 2. The SMILES string of the molecule is COc1ccccc1NC(=O)COC(=O)CCc1ccc(OC)c(OC)c1. The molecule has 0 atom stereocenters. The molecule has 2 aromatic rings. The molecule has 0 aliphatic rings. The fraction of sp³-hybridized carbons (Fsp3) is 0.300. The van der Waals surface area contributed by atoms with Crippen molar-refractivity contribution in [2.75, 3.05) is 33.3 Å². The van der Waals surface area contributed by atoms with Crippen LogP contribution in [-0.2, 0) is 20.7 Å². The van der Waals surface area contributed by atoms with Crippen molar-refractivity contribution in [1.29, 1.82) is 0 Å². The fourth-order valence-electron chi connectivity index (χ4n) is 2.43. The number of hydrogen-bond donors (Lipinski definition) is 1. The van der Waals surface area contributed by atoms with E-state index in [9.17, 15) is 9.59 Å². The Morgan fingerprint density at radius 1 is 0.889 bits per heavy atom. The number of anilines is 1. The maximum atomic E-state index is 11.9. The maximum absolute atomic E-state index is 11.9. The molecule has 2 rings (SSSR count). The summed E-state index contributed by atoms with van der Waals surface area (Å²) in [6.07, 6.45) is 0.616. The minimum atomic E-state index is -0.458. The molecule has 0 heterocycles. The predicted molar refractivity (Wildman–Crippen MR) is 100 cm³/mol. The summed E-state index contributed by atoms with van der Waals surface area (Å²) in [5, 5.41) is 2.65. The second-order valence-electron chi connectivity index (χ2n) is 5.60. The molecule has 0 aromatic heterocycles. The molecule has 0 fully saturated rings. The van der Waals surface area contributed by atoms with Crippen molar-refractivity contribution in [3.05, 3.63) is 48.0 Å². The van der Waals surface area contributed by atoms with E-state index in [1.165, 1.54) is 7.11 Å². The number of methoxy groups -OCH3 is 3. The molecule has 27 heavy (non-hydrogen) atoms. The van der Waals surface area contributed by atoms with Gasteiger partial charge in [-0.1, -0.05) is 18.2 Å². The number of ether oxygens (including phenoxy) is 4. The smallest absolute Gasteiger partial charge is 0.306 e. The first-order chi connectivity index (χ1) is 13.1. The molecule has 0 aliphatic carbocycles. The van der Waals surface area contributed by atoms with E-state index in [0.717, 1.165) is 5.56 Å². The van der Waals surface area contributed by atoms with Crippen LogP contribution < -0.4 is 19.5 Å². The maximum Gasteiger partial charge on any atom is 0.306 e. The molecule has 144 valence electrons. The number of esters is 1. The van der Waals surface area contributed by atoms with Gasteiger partial charge < -0.3 is 24.3 Å². The molecule has 0 saturated heterocycles. The van der Waals surface area contributed by atoms with Crippen LogP contribution in [-0.4, -0.2) is 39.8 Å². The zero-order valence-corrected chi connectivity index (χ0v) is 15.6. The number of rotatable bonds is 9. The van der Waals surface area contributed by atoms with E-state index in [0.29, 0.717) is 29.4 Å². The van der Waals surface area contributed by atoms with Gasteiger partial charge in [0, 0.05) is 6.42 Å². The highest BCUT2D eigenvalue weighted by atomic mass is 16.5. The molecule has 0 bridgehead atoms. The minimum absolute atomic E-state index is 0.150. The molecule has 0 radical (unpaired) electrons. The van der Waals surface area contributed by atoms with E-state index in [2.05, 4.69) is 5.32 Å². The van der Waals surface area contributed by atoms with E-state index in [4.69, 9.17) is 18.9 Å². The van der Waals surface area contributed by atoms with E-state index in [1.807, 2.05) is 6.07 Å². The van der Waals surface area contributed by atoms with Gasteiger partial charge in [-0.2, -0.15) is 0 Å². The van der Waals surface area contributed by atoms with E-state index in [-0.39, 0.29) is 13.0 Å². The van der Waals surface area contributed by atoms with Crippen molar-refractivity contribution in [2.45, 2.75) is 12.8 Å². The average Bonchev–Trinajstić information content (AvgIpc) is 2.70. The van der Waals surface area contributed by atoms with Gasteiger partial charge >= 0.3 is 5.97 Å². The summed E-state index contributed by atoms with van der Waals surface area (Å²) in [7, 11) is 4.63. The highest BCUT2D eigenvalue weighted by Crippen LogP contribution is 2.28. The lowest BCUT2D eigenvalue weighted by molar-refractivity contribution is -0.147. The second kappa shape index (κ2) is 10.1. The van der Waals surface area contributed by atoms with Gasteiger partial charge in [0.15, 0.2) is 18.1 Å². The Bertz CT molecular complexity index is 790. The van der Waals surface area contributed by atoms with Crippen molar-refractivity contribution in [2.24, 2.45) is 0 Å². The highest BCUT2D eigenvalue weighted by molar-refractivity contribution is 5.94. The second-order valence-corrected chi connectivity index (χ2v) is 5.60. The summed E-state index contributed by atoms with van der Waals surface area (Å²) in [4.78, 5) is 23.8. The molecule has 1 amide bonds. The molecule has 0 unspecified atom stereocenters. The lowest BCUT2D eigenvalue weighted by Crippen LogP contribution is -2.21. The van der Waals surface area contributed by atoms with Crippen molar-refractivity contribution in [1.82, 2.24) is 0 Å². The lowest BCUT2D eigenvalue weighted by atomic mass is 10.1. The Hall–Kier alpha value is -3.22. The number of benzene rings is 2. The van der Waals surface area contributed by atoms with Crippen molar-refractivity contribution in [3.63, 3.8) is 0 Å². The van der Waals surface area contributed by atoms with Crippen LogP contribution in [0.25, 0.3) is 0 Å². The molecule has 0 saturated carbocycles. The normalized spacial score (nSPS) is 10.0. The monoisotopic (exact) mass is 373 g/mol. The first-order valence-electron chi connectivity index (χ1n) is 8.36. The minimum Gasteiger partial charge on any atom is -0.495 e. The van der Waals surface area contributed by atoms with E-state index >= 15 is 0 Å². The summed E-state index contributed by atoms with van der Waals surface area (Å²) < 4.78 is 20.6. The van der Waals surface area contributed by atoms with Gasteiger partial charge in [0.1, 0.15) is 5.75 Å². The number of para-hydroxylation sites is 2. The van der Waals surface area contributed by atoms with Crippen LogP contribution in [0, 0.1) is 0 Å². The summed E-state index contributed by atoms with van der Waals surface area (Å²) >= 11 is 0. The number of nitrogens with one attached hydrogen (secondary N) is 1. The number of carbonyl (C=O) groups excluding carboxylic acids is 2. The third-order valence-corrected chi connectivity index (χ3v) is 3.81. The van der Waals surface area contributed by atoms with Crippen LogP contribution in [0.2, 0.25) is 0 Å². The first kappa shape index (κ1) is 20.1. The van der Waals surface area contributed by atoms with Crippen LogP contribution in [0.15, 0.2) is 42.5 Å². The molecular weight excluding hydrogens is 350 g/mol. The Kier molecular flexibility index (Phi) is 7.49. The highest BCUT2D eigenvalue weighted by Gasteiger charge is 2.11. The largest absolute Gasteiger partial charge is 0.495 e. The number of hydrogen-bond acceptors (Lipinski definition) is 6. The topological polar surface area (TPSA) is 83.1 Å². The van der Waals surface area contributed by atoms with Crippen LogP contribution >= 0.6 is 0 Å². The third kappa shape index (κ3) is 5.91. The fourth-order valence-corrected chi connectivity index (χ4v) is 2.43. The summed E-state index contributed by atoms with van der Waals surface area (Å²) in [5.41, 5.74) is 1.43. The molecular formula is C20H23NO6. The molecule has 1 N–H and O–H groups in total. The van der Waals surface area contributed by atoms with Gasteiger partial charge in [-0.3, -0.25) is 9.59 Å². The number of amides is 1. The summed E-state index contributed by atoms with van der Waals surface area (Å²) in [6, 6.07) is 12.4. The quantitative estimate of drug-likeness (QED) is 0.681. The number of aryl methyl sites for hydroxylation is 1. The van der Waals surface area contributed by atoms with Crippen LogP contribution in [0.1, 0.15) is 12.0 Å². The van der Waals surface area contributed by atoms with Crippen molar-refractivity contribution < 1.29 is 28.5 Å². The van der Waals surface area contributed by atoms with Gasteiger partial charge in [0.05, 0.1) is 27.0 Å². The Balaban J connectivity index is 1.80. The molecule has 0 spiro atoms. The zero-order valence-electron chi connectivity index (χ0n) is 15.6. The summed E-state index contributed by atoms with van der Waals surface area (Å²) in [5.74, 6) is 0.862. The third-order valence-electron chi connectivity index (χ3n) is 3.81. The van der Waals surface area contributed by atoms with Crippen LogP contribution in [0.3, 0.4) is 0 Å². The van der Waals surface area contributed by atoms with Gasteiger partial charge in [0.25, 0.3) is 5.91 Å². The lowest BCUT2D eigenvalue weighted by Gasteiger charge is -2.11. The molecule has 7 nitrogen and oxygen atoms in total. The van der Waals surface area contributed by atoms with Gasteiger partial charge in [-0.05, 0) is 36.2 Å². The zero-order chi connectivity index (χ0) is 19.6. The average molecular weight is 373 g/mol. The van der Waals surface area contributed by atoms with E-state index in [1.54, 1.807) is 50.6 Å². The van der Waals surface area contributed by atoms with Crippen molar-refractivity contribution in [3.8, 4) is 17.2 Å². The van der Waals surface area contributed by atoms with Crippen molar-refractivity contribution >= 4 is 17.6 Å². The molecule has 0 aliphatic heterocycles. The van der Waals surface area contributed by atoms with Crippen LogP contribution in [0.4, 0.5) is 5.69 Å².